The zero-order valence-electron chi connectivity index (χ0n) is 15.3. The van der Waals surface area contributed by atoms with E-state index in [0.29, 0.717) is 17.8 Å². The fourth-order valence-corrected chi connectivity index (χ4v) is 3.19. The van der Waals surface area contributed by atoms with Gasteiger partial charge in [-0.15, -0.1) is 0 Å². The van der Waals surface area contributed by atoms with Gasteiger partial charge in [0.05, 0.1) is 5.71 Å². The third-order valence-corrected chi connectivity index (χ3v) is 4.55. The molecule has 1 aliphatic heterocycles. The van der Waals surface area contributed by atoms with E-state index in [1.54, 1.807) is 12.1 Å². The molecule has 0 saturated heterocycles. The summed E-state index contributed by atoms with van der Waals surface area (Å²) in [5.74, 6) is -0.357. The maximum Gasteiger partial charge on any atom is 0.268 e. The van der Waals surface area contributed by atoms with Gasteiger partial charge in [-0.05, 0) is 29.1 Å². The van der Waals surface area contributed by atoms with Crippen LogP contribution in [-0.2, 0) is 14.4 Å². The third-order valence-electron chi connectivity index (χ3n) is 4.55. The Kier molecular flexibility index (Phi) is 4.76. The number of amides is 2. The molecule has 1 aliphatic rings. The molecule has 0 spiro atoms. The SMILES string of the molecule is CC(=O)Nc1ccc(C2=NOC(C(=O)Nc3cccc4ccccc34)C2)cc1. The average molecular weight is 373 g/mol. The second-order valence-electron chi connectivity index (χ2n) is 6.61. The zero-order valence-corrected chi connectivity index (χ0v) is 15.3. The van der Waals surface area contributed by atoms with Crippen LogP contribution in [0, 0.1) is 0 Å². The first-order valence-corrected chi connectivity index (χ1v) is 8.99. The van der Waals surface area contributed by atoms with E-state index in [2.05, 4.69) is 15.8 Å². The summed E-state index contributed by atoms with van der Waals surface area (Å²) in [5, 5.41) is 11.8. The van der Waals surface area contributed by atoms with Gasteiger partial charge in [0.2, 0.25) is 12.0 Å². The van der Waals surface area contributed by atoms with Crippen molar-refractivity contribution in [3.05, 3.63) is 72.3 Å². The summed E-state index contributed by atoms with van der Waals surface area (Å²) in [6.45, 7) is 1.46. The number of benzene rings is 3. The van der Waals surface area contributed by atoms with E-state index in [1.807, 2.05) is 54.6 Å². The first kappa shape index (κ1) is 17.7. The lowest BCUT2D eigenvalue weighted by atomic mass is 10.0. The van der Waals surface area contributed by atoms with Crippen molar-refractivity contribution in [3.8, 4) is 0 Å². The lowest BCUT2D eigenvalue weighted by Gasteiger charge is -2.11. The predicted octanol–water partition coefficient (Wildman–Crippen LogP) is 3.93. The Bertz CT molecular complexity index is 1070. The van der Waals surface area contributed by atoms with E-state index < -0.39 is 6.10 Å². The van der Waals surface area contributed by atoms with Crippen molar-refractivity contribution in [2.24, 2.45) is 5.16 Å². The lowest BCUT2D eigenvalue weighted by Crippen LogP contribution is -2.28. The molecule has 3 aromatic carbocycles. The molecule has 0 aliphatic carbocycles. The number of carbonyl (C=O) groups is 2. The van der Waals surface area contributed by atoms with Crippen molar-refractivity contribution in [1.29, 1.82) is 0 Å². The molecular formula is C22H19N3O3. The van der Waals surface area contributed by atoms with Gasteiger partial charge in [0, 0.05) is 30.1 Å². The molecule has 2 N–H and O–H groups in total. The van der Waals surface area contributed by atoms with Crippen molar-refractivity contribution in [2.45, 2.75) is 19.4 Å². The van der Waals surface area contributed by atoms with E-state index in [0.717, 1.165) is 22.0 Å². The van der Waals surface area contributed by atoms with Crippen LogP contribution in [0.3, 0.4) is 0 Å². The number of hydrogen-bond acceptors (Lipinski definition) is 4. The third kappa shape index (κ3) is 3.71. The van der Waals surface area contributed by atoms with Gasteiger partial charge in [-0.25, -0.2) is 0 Å². The summed E-state index contributed by atoms with van der Waals surface area (Å²) in [4.78, 5) is 29.1. The van der Waals surface area contributed by atoms with Gasteiger partial charge in [-0.1, -0.05) is 53.7 Å². The predicted molar refractivity (Wildman–Crippen MR) is 109 cm³/mol. The first-order chi connectivity index (χ1) is 13.6. The molecule has 28 heavy (non-hydrogen) atoms. The van der Waals surface area contributed by atoms with E-state index in [4.69, 9.17) is 4.84 Å². The fourth-order valence-electron chi connectivity index (χ4n) is 3.19. The van der Waals surface area contributed by atoms with Gasteiger partial charge >= 0.3 is 0 Å². The van der Waals surface area contributed by atoms with Crippen molar-refractivity contribution in [3.63, 3.8) is 0 Å². The van der Waals surface area contributed by atoms with Crippen LogP contribution in [0.1, 0.15) is 18.9 Å². The standard InChI is InChI=1S/C22H19N3O3/c1-14(26)23-17-11-9-16(10-12-17)20-13-21(28-25-20)22(27)24-19-8-4-6-15-5-2-3-7-18(15)19/h2-12,21H,13H2,1H3,(H,23,26)(H,24,27). The molecule has 4 rings (SSSR count). The van der Waals surface area contributed by atoms with Crippen molar-refractivity contribution >= 4 is 39.7 Å². The molecule has 3 aromatic rings. The molecule has 6 nitrogen and oxygen atoms in total. The van der Waals surface area contributed by atoms with Crippen LogP contribution in [0.4, 0.5) is 11.4 Å². The number of carbonyl (C=O) groups excluding carboxylic acids is 2. The second kappa shape index (κ2) is 7.52. The zero-order chi connectivity index (χ0) is 19.5. The van der Waals surface area contributed by atoms with Gasteiger partial charge in [-0.2, -0.15) is 0 Å². The highest BCUT2D eigenvalue weighted by Gasteiger charge is 2.29. The molecule has 6 heteroatoms. The maximum absolute atomic E-state index is 12.7. The number of hydrogen-bond donors (Lipinski definition) is 2. The van der Waals surface area contributed by atoms with Crippen LogP contribution in [0.5, 0.6) is 0 Å². The Balaban J connectivity index is 1.43. The van der Waals surface area contributed by atoms with Crippen LogP contribution in [0.2, 0.25) is 0 Å². The van der Waals surface area contributed by atoms with E-state index in [9.17, 15) is 9.59 Å². The summed E-state index contributed by atoms with van der Waals surface area (Å²) in [6, 6.07) is 20.9. The molecule has 1 unspecified atom stereocenters. The summed E-state index contributed by atoms with van der Waals surface area (Å²) in [5.41, 5.74) is 3.02. The fraction of sp³-hybridized carbons (Fsp3) is 0.136. The first-order valence-electron chi connectivity index (χ1n) is 8.99. The van der Waals surface area contributed by atoms with Crippen LogP contribution >= 0.6 is 0 Å². The number of fused-ring (bicyclic) bond motifs is 1. The molecule has 1 atom stereocenters. The Labute approximate surface area is 162 Å². The largest absolute Gasteiger partial charge is 0.382 e. The van der Waals surface area contributed by atoms with Gasteiger partial charge < -0.3 is 15.5 Å². The molecule has 0 aromatic heterocycles. The summed E-state index contributed by atoms with van der Waals surface area (Å²) in [7, 11) is 0. The van der Waals surface area contributed by atoms with Crippen molar-refractivity contribution in [2.75, 3.05) is 10.6 Å². The maximum atomic E-state index is 12.7. The van der Waals surface area contributed by atoms with Crippen molar-refractivity contribution < 1.29 is 14.4 Å². The molecule has 0 radical (unpaired) electrons. The number of nitrogens with zero attached hydrogens (tertiary/aromatic N) is 1. The highest BCUT2D eigenvalue weighted by atomic mass is 16.6. The molecule has 0 bridgehead atoms. The van der Waals surface area contributed by atoms with Crippen LogP contribution < -0.4 is 10.6 Å². The van der Waals surface area contributed by atoms with Gasteiger partial charge in [0.25, 0.3) is 5.91 Å². The highest BCUT2D eigenvalue weighted by molar-refractivity contribution is 6.08. The Morgan fingerprint density at radius 1 is 0.964 bits per heavy atom. The molecule has 1 heterocycles. The quantitative estimate of drug-likeness (QED) is 0.727. The minimum atomic E-state index is -0.677. The summed E-state index contributed by atoms with van der Waals surface area (Å²) < 4.78 is 0. The topological polar surface area (TPSA) is 79.8 Å². The van der Waals surface area contributed by atoms with E-state index in [-0.39, 0.29) is 11.8 Å². The van der Waals surface area contributed by atoms with Gasteiger partial charge in [-0.3, -0.25) is 9.59 Å². The van der Waals surface area contributed by atoms with Crippen molar-refractivity contribution in [1.82, 2.24) is 0 Å². The van der Waals surface area contributed by atoms with Crippen LogP contribution in [0.15, 0.2) is 71.9 Å². The minimum Gasteiger partial charge on any atom is -0.382 e. The normalized spacial score (nSPS) is 15.6. The number of anilines is 2. The molecule has 140 valence electrons. The number of oxime groups is 1. The smallest absolute Gasteiger partial charge is 0.268 e. The van der Waals surface area contributed by atoms with E-state index in [1.165, 1.54) is 6.92 Å². The molecule has 0 fully saturated rings. The molecule has 0 saturated carbocycles. The van der Waals surface area contributed by atoms with Crippen LogP contribution in [0.25, 0.3) is 10.8 Å². The Morgan fingerprint density at radius 2 is 1.71 bits per heavy atom. The minimum absolute atomic E-state index is 0.125. The highest BCUT2D eigenvalue weighted by Crippen LogP contribution is 2.25. The number of nitrogens with one attached hydrogen (secondary N) is 2. The summed E-state index contributed by atoms with van der Waals surface area (Å²) in [6.07, 6.45) is -0.292. The van der Waals surface area contributed by atoms with Crippen LogP contribution in [-0.4, -0.2) is 23.6 Å². The lowest BCUT2D eigenvalue weighted by molar-refractivity contribution is -0.125. The van der Waals surface area contributed by atoms with Gasteiger partial charge in [0.1, 0.15) is 0 Å². The molecule has 2 amide bonds. The molecular weight excluding hydrogens is 354 g/mol. The summed E-state index contributed by atoms with van der Waals surface area (Å²) >= 11 is 0. The second-order valence-corrected chi connectivity index (χ2v) is 6.61. The number of rotatable bonds is 4. The Hall–Kier alpha value is -3.67. The van der Waals surface area contributed by atoms with Gasteiger partial charge in [0.15, 0.2) is 0 Å². The monoisotopic (exact) mass is 373 g/mol. The average Bonchev–Trinajstić information content (AvgIpc) is 3.19. The van der Waals surface area contributed by atoms with E-state index >= 15 is 0 Å². The Morgan fingerprint density at radius 3 is 2.50 bits per heavy atom.